The average molecular weight is 306 g/mol. The van der Waals surface area contributed by atoms with Crippen molar-refractivity contribution in [2.24, 2.45) is 17.0 Å². The zero-order chi connectivity index (χ0) is 15.8. The number of aromatic nitrogens is 1. The van der Waals surface area contributed by atoms with Crippen LogP contribution in [0.1, 0.15) is 69.7 Å². The normalized spacial score (nSPS) is 22.3. The third-order valence-corrected chi connectivity index (χ3v) is 4.74. The van der Waals surface area contributed by atoms with Gasteiger partial charge in [-0.25, -0.2) is 9.37 Å². The van der Waals surface area contributed by atoms with Gasteiger partial charge in [0.15, 0.2) is 5.82 Å². The standard InChI is InChI=1S/C18H27FN2O/c1-2-5-14-6-3-7-15(12-14)8-4-9-16-10-11-17(19)18(21-16)13-20-22/h10-11,13-15,22H,2-9,12H2,1H3/b20-13+. The molecular formula is C18H27FN2O. The Labute approximate surface area is 132 Å². The summed E-state index contributed by atoms with van der Waals surface area (Å²) in [4.78, 5) is 4.20. The van der Waals surface area contributed by atoms with E-state index in [1.807, 2.05) is 0 Å². The summed E-state index contributed by atoms with van der Waals surface area (Å²) in [6.07, 6.45) is 12.4. The number of rotatable bonds is 7. The summed E-state index contributed by atoms with van der Waals surface area (Å²) in [7, 11) is 0. The van der Waals surface area contributed by atoms with Gasteiger partial charge in [-0.05, 0) is 43.2 Å². The van der Waals surface area contributed by atoms with Crippen LogP contribution >= 0.6 is 0 Å². The van der Waals surface area contributed by atoms with Crippen LogP contribution in [-0.4, -0.2) is 16.4 Å². The minimum Gasteiger partial charge on any atom is -0.411 e. The molecule has 1 aromatic heterocycles. The van der Waals surface area contributed by atoms with Crippen molar-refractivity contribution in [2.45, 2.75) is 64.7 Å². The molecular weight excluding hydrogens is 279 g/mol. The highest BCUT2D eigenvalue weighted by Gasteiger charge is 2.20. The van der Waals surface area contributed by atoms with E-state index in [0.29, 0.717) is 0 Å². The lowest BCUT2D eigenvalue weighted by Crippen LogP contribution is -2.15. The smallest absolute Gasteiger partial charge is 0.150 e. The lowest BCUT2D eigenvalue weighted by Gasteiger charge is -2.29. The zero-order valence-corrected chi connectivity index (χ0v) is 13.5. The minimum atomic E-state index is -0.448. The van der Waals surface area contributed by atoms with Crippen LogP contribution in [0.4, 0.5) is 4.39 Å². The molecule has 1 saturated carbocycles. The van der Waals surface area contributed by atoms with Gasteiger partial charge in [-0.1, -0.05) is 50.6 Å². The van der Waals surface area contributed by atoms with E-state index >= 15 is 0 Å². The highest BCUT2D eigenvalue weighted by atomic mass is 19.1. The number of hydrogen-bond acceptors (Lipinski definition) is 3. The Morgan fingerprint density at radius 1 is 1.32 bits per heavy atom. The molecule has 2 unspecified atom stereocenters. The van der Waals surface area contributed by atoms with E-state index in [1.54, 1.807) is 6.07 Å². The van der Waals surface area contributed by atoms with Gasteiger partial charge in [-0.15, -0.1) is 0 Å². The van der Waals surface area contributed by atoms with Crippen molar-refractivity contribution in [3.63, 3.8) is 0 Å². The molecule has 1 N–H and O–H groups in total. The van der Waals surface area contributed by atoms with Crippen molar-refractivity contribution in [1.29, 1.82) is 0 Å². The second kappa shape index (κ2) is 8.86. The van der Waals surface area contributed by atoms with Crippen molar-refractivity contribution in [2.75, 3.05) is 0 Å². The molecule has 2 atom stereocenters. The van der Waals surface area contributed by atoms with Crippen LogP contribution < -0.4 is 0 Å². The topological polar surface area (TPSA) is 45.5 Å². The summed E-state index contributed by atoms with van der Waals surface area (Å²) < 4.78 is 13.4. The predicted molar refractivity (Wildman–Crippen MR) is 86.9 cm³/mol. The Morgan fingerprint density at radius 2 is 2.09 bits per heavy atom. The van der Waals surface area contributed by atoms with Crippen LogP contribution in [0.5, 0.6) is 0 Å². The van der Waals surface area contributed by atoms with Crippen molar-refractivity contribution < 1.29 is 9.60 Å². The van der Waals surface area contributed by atoms with Crippen molar-refractivity contribution in [3.8, 4) is 0 Å². The van der Waals surface area contributed by atoms with Gasteiger partial charge < -0.3 is 5.21 Å². The van der Waals surface area contributed by atoms with Gasteiger partial charge in [0.05, 0.1) is 6.21 Å². The Hall–Kier alpha value is -1.45. The SMILES string of the molecule is CCCC1CCCC(CCCc2ccc(F)c(/C=N/O)n2)C1. The largest absolute Gasteiger partial charge is 0.411 e. The molecule has 0 aromatic carbocycles. The van der Waals surface area contributed by atoms with Crippen LogP contribution in [0.25, 0.3) is 0 Å². The molecule has 0 radical (unpaired) electrons. The van der Waals surface area contributed by atoms with Gasteiger partial charge in [0.2, 0.25) is 0 Å². The van der Waals surface area contributed by atoms with Crippen molar-refractivity contribution in [1.82, 2.24) is 4.98 Å². The molecule has 1 fully saturated rings. The maximum Gasteiger partial charge on any atom is 0.150 e. The first-order chi connectivity index (χ1) is 10.7. The minimum absolute atomic E-state index is 0.112. The summed E-state index contributed by atoms with van der Waals surface area (Å²) in [5.74, 6) is 1.33. The first-order valence-electron chi connectivity index (χ1n) is 8.55. The van der Waals surface area contributed by atoms with Crippen LogP contribution in [0.2, 0.25) is 0 Å². The lowest BCUT2D eigenvalue weighted by atomic mass is 9.77. The molecule has 122 valence electrons. The molecule has 2 rings (SSSR count). The number of aryl methyl sites for hydroxylation is 1. The fourth-order valence-corrected chi connectivity index (χ4v) is 3.69. The molecule has 4 heteroatoms. The maximum atomic E-state index is 13.4. The predicted octanol–water partition coefficient (Wildman–Crippen LogP) is 4.96. The molecule has 0 amide bonds. The fourth-order valence-electron chi connectivity index (χ4n) is 3.69. The monoisotopic (exact) mass is 306 g/mol. The fraction of sp³-hybridized carbons (Fsp3) is 0.667. The summed E-state index contributed by atoms with van der Waals surface area (Å²) in [5.41, 5.74) is 0.984. The molecule has 1 aliphatic carbocycles. The molecule has 0 spiro atoms. The van der Waals surface area contributed by atoms with Crippen LogP contribution in [0.3, 0.4) is 0 Å². The summed E-state index contributed by atoms with van der Waals surface area (Å²) >= 11 is 0. The molecule has 0 saturated heterocycles. The van der Waals surface area contributed by atoms with Gasteiger partial charge in [0.25, 0.3) is 0 Å². The summed E-state index contributed by atoms with van der Waals surface area (Å²) in [6.45, 7) is 2.27. The van der Waals surface area contributed by atoms with Gasteiger partial charge in [-0.3, -0.25) is 0 Å². The van der Waals surface area contributed by atoms with E-state index in [-0.39, 0.29) is 5.69 Å². The van der Waals surface area contributed by atoms with Gasteiger partial charge >= 0.3 is 0 Å². The van der Waals surface area contributed by atoms with Crippen molar-refractivity contribution in [3.05, 3.63) is 29.3 Å². The number of hydrogen-bond donors (Lipinski definition) is 1. The summed E-state index contributed by atoms with van der Waals surface area (Å²) in [6, 6.07) is 3.13. The Kier molecular flexibility index (Phi) is 6.81. The van der Waals surface area contributed by atoms with E-state index in [2.05, 4.69) is 17.1 Å². The highest BCUT2D eigenvalue weighted by molar-refractivity contribution is 5.76. The second-order valence-electron chi connectivity index (χ2n) is 6.49. The van der Waals surface area contributed by atoms with E-state index in [0.717, 1.165) is 36.6 Å². The quantitative estimate of drug-likeness (QED) is 0.440. The van der Waals surface area contributed by atoms with E-state index in [1.165, 1.54) is 51.0 Å². The molecule has 3 nitrogen and oxygen atoms in total. The molecule has 1 aromatic rings. The number of halogens is 1. The molecule has 22 heavy (non-hydrogen) atoms. The van der Waals surface area contributed by atoms with Crippen LogP contribution in [0, 0.1) is 17.7 Å². The van der Waals surface area contributed by atoms with Crippen LogP contribution in [-0.2, 0) is 6.42 Å². The number of pyridine rings is 1. The van der Waals surface area contributed by atoms with Crippen molar-refractivity contribution >= 4 is 6.21 Å². The maximum absolute atomic E-state index is 13.4. The third kappa shape index (κ3) is 5.08. The van der Waals surface area contributed by atoms with Gasteiger partial charge in [-0.2, -0.15) is 0 Å². The molecule has 0 aliphatic heterocycles. The third-order valence-electron chi connectivity index (χ3n) is 4.74. The molecule has 0 bridgehead atoms. The first-order valence-corrected chi connectivity index (χ1v) is 8.55. The Balaban J connectivity index is 1.79. The number of nitrogens with zero attached hydrogens (tertiary/aromatic N) is 2. The van der Waals surface area contributed by atoms with Gasteiger partial charge in [0.1, 0.15) is 5.69 Å². The lowest BCUT2D eigenvalue weighted by molar-refractivity contribution is 0.240. The van der Waals surface area contributed by atoms with E-state index in [9.17, 15) is 4.39 Å². The summed E-state index contributed by atoms with van der Waals surface area (Å²) in [5, 5.41) is 11.4. The van der Waals surface area contributed by atoms with E-state index in [4.69, 9.17) is 5.21 Å². The van der Waals surface area contributed by atoms with E-state index < -0.39 is 5.82 Å². The first kappa shape index (κ1) is 16.9. The highest BCUT2D eigenvalue weighted by Crippen LogP contribution is 2.34. The Bertz CT molecular complexity index is 488. The zero-order valence-electron chi connectivity index (χ0n) is 13.5. The molecule has 1 heterocycles. The van der Waals surface area contributed by atoms with Gasteiger partial charge in [0, 0.05) is 5.69 Å². The average Bonchev–Trinajstić information content (AvgIpc) is 2.51. The second-order valence-corrected chi connectivity index (χ2v) is 6.49. The van der Waals surface area contributed by atoms with Crippen LogP contribution in [0.15, 0.2) is 17.3 Å². The Morgan fingerprint density at radius 3 is 2.82 bits per heavy atom. The molecule has 1 aliphatic rings. The number of oxime groups is 1.